The number of esters is 2. The van der Waals surface area contributed by atoms with Gasteiger partial charge in [-0.2, -0.15) is 0 Å². The minimum atomic E-state index is -0.470. The molecule has 2 aromatic carbocycles. The first-order valence-corrected chi connectivity index (χ1v) is 7.99. The van der Waals surface area contributed by atoms with Gasteiger partial charge in [0, 0.05) is 10.0 Å². The van der Waals surface area contributed by atoms with Gasteiger partial charge in [-0.15, -0.1) is 0 Å². The van der Waals surface area contributed by atoms with Crippen LogP contribution < -0.4 is 4.74 Å². The summed E-state index contributed by atoms with van der Waals surface area (Å²) < 4.78 is 11.1. The van der Waals surface area contributed by atoms with Gasteiger partial charge in [0.1, 0.15) is 11.7 Å². The second-order valence-corrected chi connectivity index (χ2v) is 6.36. The minimum absolute atomic E-state index is 0.301. The van der Waals surface area contributed by atoms with E-state index in [1.807, 2.05) is 30.3 Å². The summed E-state index contributed by atoms with van der Waals surface area (Å²) in [5.74, 6) is -0.932. The molecule has 0 spiro atoms. The fourth-order valence-electron chi connectivity index (χ4n) is 2.73. The largest absolute Gasteiger partial charge is 0.469 e. The number of benzene rings is 2. The van der Waals surface area contributed by atoms with Gasteiger partial charge in [0.15, 0.2) is 0 Å². The number of hydrogen-bond donors (Lipinski definition) is 0. The predicted molar refractivity (Wildman–Crippen MR) is 88.5 cm³/mol. The van der Waals surface area contributed by atoms with Crippen molar-refractivity contribution in [3.63, 3.8) is 0 Å². The molecule has 2 unspecified atom stereocenters. The lowest BCUT2D eigenvalue weighted by Gasteiger charge is -2.12. The molecule has 0 aliphatic carbocycles. The molecule has 2 atom stereocenters. The van der Waals surface area contributed by atoms with Crippen LogP contribution in [0.1, 0.15) is 35.4 Å². The van der Waals surface area contributed by atoms with E-state index in [1.54, 1.807) is 19.1 Å². The maximum Gasteiger partial charge on any atom is 0.323 e. The Morgan fingerprint density at radius 1 is 1.22 bits per heavy atom. The number of halogens is 1. The van der Waals surface area contributed by atoms with Crippen LogP contribution in [-0.2, 0) is 14.3 Å². The van der Waals surface area contributed by atoms with Gasteiger partial charge in [0.25, 0.3) is 0 Å². The summed E-state index contributed by atoms with van der Waals surface area (Å²) in [6.45, 7) is 1.78. The Bertz CT molecular complexity index is 767. The zero-order valence-corrected chi connectivity index (χ0v) is 14.3. The number of carbonyl (C=O) groups is 2. The molecule has 4 nitrogen and oxygen atoms in total. The number of hydrogen-bond acceptors (Lipinski definition) is 4. The van der Waals surface area contributed by atoms with E-state index in [2.05, 4.69) is 15.9 Å². The normalized spacial score (nSPS) is 17.3. The molecule has 0 saturated carbocycles. The van der Waals surface area contributed by atoms with Crippen LogP contribution >= 0.6 is 15.9 Å². The van der Waals surface area contributed by atoms with Crippen LogP contribution in [0.3, 0.4) is 0 Å². The highest BCUT2D eigenvalue weighted by molar-refractivity contribution is 9.10. The SMILES string of the molecule is COC(=O)C(C)c1ccc2c(c1)C(c1ccc(Br)cc1)C(=O)O2. The second-order valence-electron chi connectivity index (χ2n) is 5.45. The standard InChI is InChI=1S/C18H15BrO4/c1-10(17(20)22-2)12-5-8-15-14(9-12)16(18(21)23-15)11-3-6-13(19)7-4-11/h3-10,16H,1-2H3. The van der Waals surface area contributed by atoms with Gasteiger partial charge in [-0.3, -0.25) is 9.59 Å². The average molecular weight is 375 g/mol. The Morgan fingerprint density at radius 2 is 1.91 bits per heavy atom. The van der Waals surface area contributed by atoms with Crippen LogP contribution in [0.25, 0.3) is 0 Å². The van der Waals surface area contributed by atoms with Crippen molar-refractivity contribution < 1.29 is 19.1 Å². The first-order valence-electron chi connectivity index (χ1n) is 7.20. The summed E-state index contributed by atoms with van der Waals surface area (Å²) in [6, 6.07) is 12.9. The lowest BCUT2D eigenvalue weighted by atomic mass is 9.89. The Kier molecular flexibility index (Phi) is 4.22. The van der Waals surface area contributed by atoms with Crippen molar-refractivity contribution in [3.05, 3.63) is 63.6 Å². The fraction of sp³-hybridized carbons (Fsp3) is 0.222. The molecule has 23 heavy (non-hydrogen) atoms. The number of ether oxygens (including phenoxy) is 2. The maximum absolute atomic E-state index is 12.3. The van der Waals surface area contributed by atoms with E-state index in [0.29, 0.717) is 5.75 Å². The lowest BCUT2D eigenvalue weighted by Crippen LogP contribution is -2.12. The zero-order chi connectivity index (χ0) is 16.6. The van der Waals surface area contributed by atoms with E-state index in [4.69, 9.17) is 9.47 Å². The first-order chi connectivity index (χ1) is 11.0. The number of fused-ring (bicyclic) bond motifs is 1. The van der Waals surface area contributed by atoms with Crippen LogP contribution in [0.2, 0.25) is 0 Å². The highest BCUT2D eigenvalue weighted by Crippen LogP contribution is 2.40. The van der Waals surface area contributed by atoms with E-state index < -0.39 is 11.8 Å². The smallest absolute Gasteiger partial charge is 0.323 e. The van der Waals surface area contributed by atoms with Crippen molar-refractivity contribution in [1.82, 2.24) is 0 Å². The van der Waals surface area contributed by atoms with Crippen molar-refractivity contribution in [2.24, 2.45) is 0 Å². The summed E-state index contributed by atoms with van der Waals surface area (Å²) >= 11 is 3.39. The van der Waals surface area contributed by atoms with Crippen LogP contribution in [-0.4, -0.2) is 19.0 Å². The van der Waals surface area contributed by atoms with E-state index >= 15 is 0 Å². The molecule has 2 aromatic rings. The highest BCUT2D eigenvalue weighted by atomic mass is 79.9. The molecule has 0 aromatic heterocycles. The third-order valence-corrected chi connectivity index (χ3v) is 4.58. The quantitative estimate of drug-likeness (QED) is 0.605. The molecule has 5 heteroatoms. The Balaban J connectivity index is 2.02. The monoisotopic (exact) mass is 374 g/mol. The molecule has 0 radical (unpaired) electrons. The summed E-state index contributed by atoms with van der Waals surface area (Å²) in [5.41, 5.74) is 2.45. The third-order valence-electron chi connectivity index (χ3n) is 4.05. The molecule has 1 aliphatic heterocycles. The first kappa shape index (κ1) is 15.7. The van der Waals surface area contributed by atoms with Gasteiger partial charge in [0.05, 0.1) is 13.0 Å². The Morgan fingerprint density at radius 3 is 2.57 bits per heavy atom. The van der Waals surface area contributed by atoms with Gasteiger partial charge in [0.2, 0.25) is 0 Å². The molecule has 1 aliphatic rings. The van der Waals surface area contributed by atoms with Crippen molar-refractivity contribution in [3.8, 4) is 5.75 Å². The van der Waals surface area contributed by atoms with Gasteiger partial charge in [-0.1, -0.05) is 40.2 Å². The van der Waals surface area contributed by atoms with Crippen LogP contribution in [0.4, 0.5) is 0 Å². The van der Waals surface area contributed by atoms with E-state index in [9.17, 15) is 9.59 Å². The zero-order valence-electron chi connectivity index (χ0n) is 12.7. The van der Waals surface area contributed by atoms with Crippen LogP contribution in [0, 0.1) is 0 Å². The van der Waals surface area contributed by atoms with Crippen molar-refractivity contribution >= 4 is 27.9 Å². The third kappa shape index (κ3) is 2.88. The van der Waals surface area contributed by atoms with Crippen LogP contribution in [0.15, 0.2) is 46.9 Å². The minimum Gasteiger partial charge on any atom is -0.469 e. The van der Waals surface area contributed by atoms with Gasteiger partial charge in [-0.25, -0.2) is 0 Å². The van der Waals surface area contributed by atoms with Crippen LogP contribution in [0.5, 0.6) is 5.75 Å². The van der Waals surface area contributed by atoms with Crippen molar-refractivity contribution in [1.29, 1.82) is 0 Å². The Hall–Kier alpha value is -2.14. The molecule has 118 valence electrons. The number of methoxy groups -OCH3 is 1. The molecule has 0 saturated heterocycles. The molecule has 0 bridgehead atoms. The summed E-state index contributed by atoms with van der Waals surface area (Å²) in [6.07, 6.45) is 0. The highest BCUT2D eigenvalue weighted by Gasteiger charge is 2.35. The van der Waals surface area contributed by atoms with Crippen molar-refractivity contribution in [2.45, 2.75) is 18.8 Å². The summed E-state index contributed by atoms with van der Waals surface area (Å²) in [7, 11) is 1.36. The second kappa shape index (κ2) is 6.16. The molecular weight excluding hydrogens is 360 g/mol. The topological polar surface area (TPSA) is 52.6 Å². The van der Waals surface area contributed by atoms with E-state index in [1.165, 1.54) is 7.11 Å². The molecule has 0 amide bonds. The maximum atomic E-state index is 12.3. The molecule has 1 heterocycles. The summed E-state index contributed by atoms with van der Waals surface area (Å²) in [4.78, 5) is 24.0. The average Bonchev–Trinajstić information content (AvgIpc) is 2.89. The van der Waals surface area contributed by atoms with E-state index in [0.717, 1.165) is 21.2 Å². The molecule has 0 N–H and O–H groups in total. The number of carbonyl (C=O) groups excluding carboxylic acids is 2. The molecule has 0 fully saturated rings. The number of rotatable bonds is 3. The van der Waals surface area contributed by atoms with Crippen molar-refractivity contribution in [2.75, 3.05) is 7.11 Å². The summed E-state index contributed by atoms with van der Waals surface area (Å²) in [5, 5.41) is 0. The van der Waals surface area contributed by atoms with Gasteiger partial charge in [-0.05, 0) is 36.2 Å². The fourth-order valence-corrected chi connectivity index (χ4v) is 3.00. The van der Waals surface area contributed by atoms with Gasteiger partial charge >= 0.3 is 11.9 Å². The van der Waals surface area contributed by atoms with E-state index in [-0.39, 0.29) is 11.9 Å². The molecule has 3 rings (SSSR count). The predicted octanol–water partition coefficient (Wildman–Crippen LogP) is 3.78. The van der Waals surface area contributed by atoms with Gasteiger partial charge < -0.3 is 9.47 Å². The lowest BCUT2D eigenvalue weighted by molar-refractivity contribution is -0.142. The molecular formula is C18H15BrO4. The Labute approximate surface area is 142 Å².